The van der Waals surface area contributed by atoms with Crippen LogP contribution in [0.2, 0.25) is 0 Å². The van der Waals surface area contributed by atoms with Crippen molar-refractivity contribution in [2.45, 2.75) is 58.5 Å². The van der Waals surface area contributed by atoms with Crippen LogP contribution in [0.1, 0.15) is 68.8 Å². The zero-order valence-corrected chi connectivity index (χ0v) is 28.3. The number of pyridine rings is 1. The molecule has 1 N–H and O–H groups in total. The van der Waals surface area contributed by atoms with Crippen LogP contribution in [-0.4, -0.2) is 49.8 Å². The Morgan fingerprint density at radius 2 is 1.74 bits per heavy atom. The fraction of sp³-hybridized carbons (Fsp3) is 0.410. The number of furan rings is 1. The Morgan fingerprint density at radius 1 is 1.00 bits per heavy atom. The molecule has 2 heterocycles. The van der Waals surface area contributed by atoms with Crippen molar-refractivity contribution in [1.82, 2.24) is 10.3 Å². The SMILES string of the molecule is CCOCC1CC(C)[C@H](NC(=O)C(c2cccnc2)N(C(=O)c2ccc(-c3ccccc3)o2)c2ccc(C(C)(C)C)cc2)C1COC. The van der Waals surface area contributed by atoms with Crippen LogP contribution in [0.15, 0.2) is 95.7 Å². The van der Waals surface area contributed by atoms with Gasteiger partial charge in [0.1, 0.15) is 11.8 Å². The lowest BCUT2D eigenvalue weighted by atomic mass is 9.87. The number of amides is 2. The predicted octanol–water partition coefficient (Wildman–Crippen LogP) is 7.47. The Hall–Kier alpha value is -4.27. The molecule has 5 rings (SSSR count). The van der Waals surface area contributed by atoms with Gasteiger partial charge in [-0.15, -0.1) is 0 Å². The Balaban J connectivity index is 1.57. The summed E-state index contributed by atoms with van der Waals surface area (Å²) in [5.41, 5.74) is 3.05. The Morgan fingerprint density at radius 3 is 2.38 bits per heavy atom. The highest BCUT2D eigenvalue weighted by Crippen LogP contribution is 2.39. The molecule has 4 unspecified atom stereocenters. The molecule has 0 radical (unpaired) electrons. The molecule has 0 aliphatic heterocycles. The Labute approximate surface area is 278 Å². The normalized spacial score (nSPS) is 20.1. The second-order valence-corrected chi connectivity index (χ2v) is 13.5. The van der Waals surface area contributed by atoms with Crippen LogP contribution in [0.3, 0.4) is 0 Å². The number of nitrogens with one attached hydrogen (secondary N) is 1. The van der Waals surface area contributed by atoms with E-state index in [1.807, 2.05) is 67.6 Å². The van der Waals surface area contributed by atoms with Gasteiger partial charge in [-0.3, -0.25) is 19.5 Å². The molecule has 5 atom stereocenters. The molecular formula is C39H47N3O5. The quantitative estimate of drug-likeness (QED) is 0.173. The number of ether oxygens (including phenoxy) is 2. The van der Waals surface area contributed by atoms with E-state index in [0.717, 1.165) is 17.5 Å². The van der Waals surface area contributed by atoms with Gasteiger partial charge in [0.25, 0.3) is 5.91 Å². The molecule has 1 aliphatic rings. The van der Waals surface area contributed by atoms with E-state index < -0.39 is 11.9 Å². The molecule has 4 aromatic rings. The standard InChI is InChI=1S/C39H47N3O5/c1-7-46-24-29-22-26(2)35(32(29)25-45-6)41-37(43)36(28-14-11-21-40-23-28)42(31-17-15-30(16-18-31)39(3,4)5)38(44)34-20-19-33(47-34)27-12-9-8-10-13-27/h8-21,23,26,29,32,35-36H,7,22,24-25H2,1-6H3,(H,41,43)/t26?,29?,32?,35-,36?/m0/s1. The third-order valence-corrected chi connectivity index (χ3v) is 9.17. The second kappa shape index (κ2) is 15.1. The largest absolute Gasteiger partial charge is 0.451 e. The van der Waals surface area contributed by atoms with Gasteiger partial charge in [0.2, 0.25) is 5.91 Å². The highest BCUT2D eigenvalue weighted by Gasteiger charge is 2.44. The van der Waals surface area contributed by atoms with E-state index in [1.165, 1.54) is 4.90 Å². The first kappa shape index (κ1) is 34.1. The minimum Gasteiger partial charge on any atom is -0.451 e. The van der Waals surface area contributed by atoms with E-state index >= 15 is 0 Å². The van der Waals surface area contributed by atoms with Crippen LogP contribution in [0, 0.1) is 17.8 Å². The number of nitrogens with zero attached hydrogens (tertiary/aromatic N) is 2. The summed E-state index contributed by atoms with van der Waals surface area (Å²) in [7, 11) is 1.69. The average molecular weight is 638 g/mol. The molecule has 2 aromatic heterocycles. The summed E-state index contributed by atoms with van der Waals surface area (Å²) in [4.78, 5) is 35.2. The molecule has 0 bridgehead atoms. The molecule has 8 nitrogen and oxygen atoms in total. The topological polar surface area (TPSA) is 93.9 Å². The summed E-state index contributed by atoms with van der Waals surface area (Å²) < 4.78 is 17.6. The zero-order chi connectivity index (χ0) is 33.6. The third kappa shape index (κ3) is 7.83. The van der Waals surface area contributed by atoms with Gasteiger partial charge >= 0.3 is 0 Å². The molecule has 47 heavy (non-hydrogen) atoms. The lowest BCUT2D eigenvalue weighted by Gasteiger charge is -2.34. The second-order valence-electron chi connectivity index (χ2n) is 13.5. The number of carbonyl (C=O) groups is 2. The van der Waals surface area contributed by atoms with Crippen LogP contribution in [0.5, 0.6) is 0 Å². The smallest absolute Gasteiger partial charge is 0.295 e. The first-order chi connectivity index (χ1) is 22.6. The van der Waals surface area contributed by atoms with Crippen molar-refractivity contribution in [1.29, 1.82) is 0 Å². The van der Waals surface area contributed by atoms with E-state index in [-0.39, 0.29) is 40.9 Å². The molecule has 0 spiro atoms. The molecular weight excluding hydrogens is 590 g/mol. The molecule has 8 heteroatoms. The number of anilines is 1. The van der Waals surface area contributed by atoms with Gasteiger partial charge in [0.15, 0.2) is 5.76 Å². The van der Waals surface area contributed by atoms with Gasteiger partial charge in [-0.2, -0.15) is 0 Å². The van der Waals surface area contributed by atoms with Crippen molar-refractivity contribution in [2.24, 2.45) is 17.8 Å². The molecule has 1 saturated carbocycles. The molecule has 248 valence electrons. The minimum atomic E-state index is -1.02. The van der Waals surface area contributed by atoms with Crippen molar-refractivity contribution in [2.75, 3.05) is 31.8 Å². The van der Waals surface area contributed by atoms with Crippen molar-refractivity contribution in [3.8, 4) is 11.3 Å². The summed E-state index contributed by atoms with van der Waals surface area (Å²) in [6.45, 7) is 12.3. The van der Waals surface area contributed by atoms with Crippen molar-refractivity contribution in [3.63, 3.8) is 0 Å². The Kier molecular flexibility index (Phi) is 10.9. The van der Waals surface area contributed by atoms with Crippen LogP contribution >= 0.6 is 0 Å². The molecule has 1 aliphatic carbocycles. The van der Waals surface area contributed by atoms with Gasteiger partial charge < -0.3 is 19.2 Å². The van der Waals surface area contributed by atoms with E-state index in [4.69, 9.17) is 13.9 Å². The fourth-order valence-corrected chi connectivity index (χ4v) is 6.69. The highest BCUT2D eigenvalue weighted by molar-refractivity contribution is 6.09. The number of benzene rings is 2. The van der Waals surface area contributed by atoms with Crippen molar-refractivity contribution < 1.29 is 23.5 Å². The predicted molar refractivity (Wildman–Crippen MR) is 184 cm³/mol. The number of carbonyl (C=O) groups excluding carboxylic acids is 2. The van der Waals surface area contributed by atoms with E-state index in [1.54, 1.807) is 37.7 Å². The highest BCUT2D eigenvalue weighted by atomic mass is 16.5. The van der Waals surface area contributed by atoms with Crippen molar-refractivity contribution in [3.05, 3.63) is 108 Å². The van der Waals surface area contributed by atoms with Gasteiger partial charge in [0.05, 0.1) is 6.61 Å². The van der Waals surface area contributed by atoms with Gasteiger partial charge in [-0.1, -0.05) is 76.2 Å². The van der Waals surface area contributed by atoms with Gasteiger partial charge in [-0.25, -0.2) is 0 Å². The number of rotatable bonds is 12. The maximum Gasteiger partial charge on any atom is 0.295 e. The summed E-state index contributed by atoms with van der Waals surface area (Å²) >= 11 is 0. The van der Waals surface area contributed by atoms with E-state index in [0.29, 0.717) is 36.8 Å². The monoisotopic (exact) mass is 637 g/mol. The lowest BCUT2D eigenvalue weighted by molar-refractivity contribution is -0.124. The zero-order valence-electron chi connectivity index (χ0n) is 28.3. The molecule has 2 amide bonds. The molecule has 1 fully saturated rings. The van der Waals surface area contributed by atoms with Gasteiger partial charge in [0, 0.05) is 61.5 Å². The Bertz CT molecular complexity index is 1600. The lowest BCUT2D eigenvalue weighted by Crippen LogP contribution is -2.50. The van der Waals surface area contributed by atoms with E-state index in [2.05, 4.69) is 38.0 Å². The van der Waals surface area contributed by atoms with Crippen LogP contribution in [0.25, 0.3) is 11.3 Å². The van der Waals surface area contributed by atoms with Crippen molar-refractivity contribution >= 4 is 17.5 Å². The summed E-state index contributed by atoms with van der Waals surface area (Å²) in [5.74, 6) is 0.476. The summed E-state index contributed by atoms with van der Waals surface area (Å²) in [5, 5.41) is 3.37. The van der Waals surface area contributed by atoms with Crippen LogP contribution in [-0.2, 0) is 19.7 Å². The minimum absolute atomic E-state index is 0.0637. The van der Waals surface area contributed by atoms with E-state index in [9.17, 15) is 9.59 Å². The molecule has 2 aromatic carbocycles. The number of aromatic nitrogens is 1. The third-order valence-electron chi connectivity index (χ3n) is 9.17. The van der Waals surface area contributed by atoms with Gasteiger partial charge in [-0.05, 0) is 66.5 Å². The fourth-order valence-electron chi connectivity index (χ4n) is 6.69. The summed E-state index contributed by atoms with van der Waals surface area (Å²) in [6.07, 6.45) is 4.21. The maximum absolute atomic E-state index is 14.7. The summed E-state index contributed by atoms with van der Waals surface area (Å²) in [6, 6.07) is 23.4. The number of hydrogen-bond donors (Lipinski definition) is 1. The first-order valence-electron chi connectivity index (χ1n) is 16.5. The van der Waals surface area contributed by atoms with Crippen LogP contribution in [0.4, 0.5) is 5.69 Å². The number of hydrogen-bond acceptors (Lipinski definition) is 6. The molecule has 0 saturated heterocycles. The van der Waals surface area contributed by atoms with Crippen LogP contribution < -0.4 is 10.2 Å². The first-order valence-corrected chi connectivity index (χ1v) is 16.5. The maximum atomic E-state index is 14.7. The number of methoxy groups -OCH3 is 1. The average Bonchev–Trinajstić information content (AvgIpc) is 3.68.